The Morgan fingerprint density at radius 1 is 1.09 bits per heavy atom. The third kappa shape index (κ3) is 3.80. The largest absolute Gasteiger partial charge is 0.496 e. The smallest absolute Gasteiger partial charge is 0.335 e. The van der Waals surface area contributed by atoms with Gasteiger partial charge in [0.1, 0.15) is 28.4 Å². The third-order valence-electron chi connectivity index (χ3n) is 5.96. The van der Waals surface area contributed by atoms with E-state index in [0.29, 0.717) is 35.7 Å². The van der Waals surface area contributed by atoms with E-state index < -0.39 is 21.6 Å². The number of hydrogen-bond donors (Lipinski definition) is 1. The Bertz CT molecular complexity index is 1170. The zero-order valence-corrected chi connectivity index (χ0v) is 18.5. The van der Waals surface area contributed by atoms with E-state index in [-0.39, 0.29) is 35.8 Å². The van der Waals surface area contributed by atoms with E-state index in [1.807, 2.05) is 0 Å². The average molecular weight is 461 g/mol. The summed E-state index contributed by atoms with van der Waals surface area (Å²) in [6, 6.07) is 8.38. The van der Waals surface area contributed by atoms with Crippen molar-refractivity contribution in [1.82, 2.24) is 4.31 Å². The van der Waals surface area contributed by atoms with Crippen molar-refractivity contribution in [2.75, 3.05) is 27.3 Å². The first-order valence-corrected chi connectivity index (χ1v) is 11.4. The third-order valence-corrected chi connectivity index (χ3v) is 7.87. The van der Waals surface area contributed by atoms with Crippen molar-refractivity contribution < 1.29 is 37.3 Å². The number of rotatable bonds is 5. The van der Waals surface area contributed by atoms with Crippen molar-refractivity contribution in [3.63, 3.8) is 0 Å². The summed E-state index contributed by atoms with van der Waals surface area (Å²) in [5, 5.41) is 9.01. The predicted octanol–water partition coefficient (Wildman–Crippen LogP) is 2.59. The Morgan fingerprint density at radius 3 is 2.31 bits per heavy atom. The zero-order chi connectivity index (χ0) is 23.1. The van der Waals surface area contributed by atoms with Crippen molar-refractivity contribution in [3.8, 4) is 17.2 Å². The normalized spacial score (nSPS) is 18.0. The molecule has 0 aromatic heterocycles. The summed E-state index contributed by atoms with van der Waals surface area (Å²) in [4.78, 5) is 24.0. The molecule has 2 heterocycles. The minimum Gasteiger partial charge on any atom is -0.496 e. The van der Waals surface area contributed by atoms with Crippen LogP contribution in [0.4, 0.5) is 0 Å². The number of ether oxygens (including phenoxy) is 3. The number of Topliss-reactive ketones (excluding diaryl/α,β-unsaturated/α-hetero) is 1. The SMILES string of the molecule is COc1cc(OC)c2c(c1)OC1(CCN(S(=O)(=O)c3ccc(C(=O)O)cc3)CC1)CC2=O. The van der Waals surface area contributed by atoms with Crippen LogP contribution in [0, 0.1) is 0 Å². The number of benzene rings is 2. The highest BCUT2D eigenvalue weighted by molar-refractivity contribution is 7.89. The number of carboxylic acids is 1. The molecule has 0 amide bonds. The molecule has 1 fully saturated rings. The van der Waals surface area contributed by atoms with E-state index in [1.165, 1.54) is 42.8 Å². The molecule has 1 N–H and O–H groups in total. The van der Waals surface area contributed by atoms with Gasteiger partial charge >= 0.3 is 5.97 Å². The standard InChI is InChI=1S/C22H23NO8S/c1-29-15-11-18(30-2)20-17(24)13-22(31-19(20)12-15)7-9-23(10-8-22)32(27,28)16-5-3-14(4-6-16)21(25)26/h3-6,11-12H,7-10,13H2,1-2H3,(H,25,26). The van der Waals surface area contributed by atoms with Crippen molar-refractivity contribution in [1.29, 1.82) is 0 Å². The number of ketones is 1. The van der Waals surface area contributed by atoms with Crippen molar-refractivity contribution in [2.24, 2.45) is 0 Å². The highest BCUT2D eigenvalue weighted by atomic mass is 32.2. The second-order valence-corrected chi connectivity index (χ2v) is 9.76. The Labute approximate surface area is 185 Å². The first kappa shape index (κ1) is 22.1. The lowest BCUT2D eigenvalue weighted by molar-refractivity contribution is 0.00536. The molecule has 0 unspecified atom stereocenters. The Morgan fingerprint density at radius 2 is 1.75 bits per heavy atom. The number of piperidine rings is 1. The summed E-state index contributed by atoms with van der Waals surface area (Å²) in [5.74, 6) is 0.00477. The van der Waals surface area contributed by atoms with E-state index in [1.54, 1.807) is 12.1 Å². The average Bonchev–Trinajstić information content (AvgIpc) is 2.78. The molecule has 0 radical (unpaired) electrons. The van der Waals surface area contributed by atoms with E-state index in [4.69, 9.17) is 19.3 Å². The topological polar surface area (TPSA) is 119 Å². The quantitative estimate of drug-likeness (QED) is 0.722. The van der Waals surface area contributed by atoms with Crippen LogP contribution in [0.5, 0.6) is 17.2 Å². The van der Waals surface area contributed by atoms with Crippen molar-refractivity contribution in [2.45, 2.75) is 29.8 Å². The first-order valence-electron chi connectivity index (χ1n) is 10.0. The van der Waals surface area contributed by atoms with Crippen LogP contribution in [0.3, 0.4) is 0 Å². The van der Waals surface area contributed by atoms with Crippen LogP contribution in [0.15, 0.2) is 41.3 Å². The molecule has 1 spiro atoms. The van der Waals surface area contributed by atoms with Crippen LogP contribution < -0.4 is 14.2 Å². The minimum atomic E-state index is -3.80. The van der Waals surface area contributed by atoms with Crippen LogP contribution in [0.1, 0.15) is 40.0 Å². The first-order chi connectivity index (χ1) is 15.2. The van der Waals surface area contributed by atoms with E-state index in [2.05, 4.69) is 0 Å². The van der Waals surface area contributed by atoms with Crippen LogP contribution in [0.25, 0.3) is 0 Å². The predicted molar refractivity (Wildman–Crippen MR) is 113 cm³/mol. The molecule has 10 heteroatoms. The van der Waals surface area contributed by atoms with Gasteiger partial charge in [-0.15, -0.1) is 0 Å². The van der Waals surface area contributed by atoms with Gasteiger partial charge in [0, 0.05) is 38.1 Å². The number of carbonyl (C=O) groups is 2. The summed E-state index contributed by atoms with van der Waals surface area (Å²) in [6.07, 6.45) is 0.804. The Kier molecular flexibility index (Phi) is 5.59. The fraction of sp³-hybridized carbons (Fsp3) is 0.364. The molecule has 170 valence electrons. The zero-order valence-electron chi connectivity index (χ0n) is 17.7. The van der Waals surface area contributed by atoms with Gasteiger partial charge in [-0.1, -0.05) is 0 Å². The van der Waals surface area contributed by atoms with Gasteiger partial charge in [0.05, 0.1) is 31.1 Å². The van der Waals surface area contributed by atoms with Crippen molar-refractivity contribution in [3.05, 3.63) is 47.5 Å². The molecule has 2 aliphatic heterocycles. The number of fused-ring (bicyclic) bond motifs is 1. The van der Waals surface area contributed by atoms with E-state index >= 15 is 0 Å². The highest BCUT2D eigenvalue weighted by Crippen LogP contribution is 2.45. The van der Waals surface area contributed by atoms with Crippen LogP contribution in [-0.2, 0) is 10.0 Å². The molecule has 0 atom stereocenters. The molecule has 4 rings (SSSR count). The van der Waals surface area contributed by atoms with Crippen LogP contribution in [-0.4, -0.2) is 62.5 Å². The number of carbonyl (C=O) groups excluding carboxylic acids is 1. The second-order valence-electron chi connectivity index (χ2n) is 7.82. The maximum Gasteiger partial charge on any atom is 0.335 e. The fourth-order valence-electron chi connectivity index (χ4n) is 4.18. The van der Waals surface area contributed by atoms with Gasteiger partial charge in [-0.3, -0.25) is 4.79 Å². The number of sulfonamides is 1. The number of hydrogen-bond acceptors (Lipinski definition) is 7. The summed E-state index contributed by atoms with van der Waals surface area (Å²) < 4.78 is 44.2. The Hall–Kier alpha value is -3.11. The summed E-state index contributed by atoms with van der Waals surface area (Å²) in [7, 11) is -0.816. The maximum absolute atomic E-state index is 13.0. The molecule has 0 bridgehead atoms. The molecule has 32 heavy (non-hydrogen) atoms. The van der Waals surface area contributed by atoms with Gasteiger partial charge in [-0.2, -0.15) is 4.31 Å². The molecular formula is C22H23NO8S. The number of carboxylic acid groups (broad SMARTS) is 1. The molecular weight excluding hydrogens is 438 g/mol. The molecule has 9 nitrogen and oxygen atoms in total. The molecule has 2 aromatic carbocycles. The molecule has 0 saturated carbocycles. The fourth-order valence-corrected chi connectivity index (χ4v) is 5.62. The monoisotopic (exact) mass is 461 g/mol. The summed E-state index contributed by atoms with van der Waals surface area (Å²) in [5.41, 5.74) is -0.423. The van der Waals surface area contributed by atoms with Gasteiger partial charge < -0.3 is 19.3 Å². The lowest BCUT2D eigenvalue weighted by Crippen LogP contribution is -2.52. The Balaban J connectivity index is 1.54. The summed E-state index contributed by atoms with van der Waals surface area (Å²) >= 11 is 0. The second kappa shape index (κ2) is 8.10. The highest BCUT2D eigenvalue weighted by Gasteiger charge is 2.46. The maximum atomic E-state index is 13.0. The molecule has 0 aliphatic carbocycles. The molecule has 2 aromatic rings. The number of nitrogens with zero attached hydrogens (tertiary/aromatic N) is 1. The lowest BCUT2D eigenvalue weighted by Gasteiger charge is -2.43. The van der Waals surface area contributed by atoms with Gasteiger partial charge in [-0.05, 0) is 24.3 Å². The van der Waals surface area contributed by atoms with Gasteiger partial charge in [0.2, 0.25) is 10.0 Å². The van der Waals surface area contributed by atoms with E-state index in [9.17, 15) is 18.0 Å². The van der Waals surface area contributed by atoms with Crippen LogP contribution in [0.2, 0.25) is 0 Å². The van der Waals surface area contributed by atoms with Crippen LogP contribution >= 0.6 is 0 Å². The number of methoxy groups -OCH3 is 2. The van der Waals surface area contributed by atoms with E-state index in [0.717, 1.165) is 0 Å². The number of aromatic carboxylic acids is 1. The van der Waals surface area contributed by atoms with Gasteiger partial charge in [0.15, 0.2) is 5.78 Å². The molecule has 2 aliphatic rings. The van der Waals surface area contributed by atoms with Gasteiger partial charge in [-0.25, -0.2) is 13.2 Å². The lowest BCUT2D eigenvalue weighted by atomic mass is 9.82. The van der Waals surface area contributed by atoms with Gasteiger partial charge in [0.25, 0.3) is 0 Å². The van der Waals surface area contributed by atoms with Crippen molar-refractivity contribution >= 4 is 21.8 Å². The minimum absolute atomic E-state index is 0.0141. The summed E-state index contributed by atoms with van der Waals surface area (Å²) in [6.45, 7) is 0.347. The molecule has 1 saturated heterocycles.